The van der Waals surface area contributed by atoms with Crippen LogP contribution in [0.25, 0.3) is 0 Å². The smallest absolute Gasteiger partial charge is 0.138 e. The average Bonchev–Trinajstić information content (AvgIpc) is 2.85. The Morgan fingerprint density at radius 1 is 1.43 bits per heavy atom. The molecule has 3 rings (SSSR count). The molecule has 1 aromatic heterocycles. The second-order valence-corrected chi connectivity index (χ2v) is 8.22. The van der Waals surface area contributed by atoms with Crippen molar-refractivity contribution in [3.63, 3.8) is 0 Å². The zero-order valence-corrected chi connectivity index (χ0v) is 16.3. The summed E-state index contributed by atoms with van der Waals surface area (Å²) in [5, 5.41) is 20.3. The molecule has 0 amide bonds. The number of phenolic OH excluding ortho intramolecular Hbond substituents is 1. The highest BCUT2D eigenvalue weighted by Crippen LogP contribution is 2.38. The topological polar surface area (TPSA) is 59.6 Å². The van der Waals surface area contributed by atoms with Gasteiger partial charge in [-0.1, -0.05) is 15.9 Å². The van der Waals surface area contributed by atoms with Gasteiger partial charge in [0, 0.05) is 34.2 Å². The van der Waals surface area contributed by atoms with Crippen LogP contribution in [-0.2, 0) is 13.0 Å². The number of hydrogen-bond acceptors (Lipinski definition) is 5. The number of rotatable bonds is 2. The predicted octanol–water partition coefficient (Wildman–Crippen LogP) is 4.59. The van der Waals surface area contributed by atoms with Gasteiger partial charge in [0.1, 0.15) is 16.8 Å². The molecule has 0 saturated carbocycles. The molecule has 0 spiro atoms. The van der Waals surface area contributed by atoms with E-state index in [-0.39, 0.29) is 5.75 Å². The van der Waals surface area contributed by atoms with Gasteiger partial charge in [-0.25, -0.2) is 4.99 Å². The van der Waals surface area contributed by atoms with E-state index in [1.807, 2.05) is 0 Å². The van der Waals surface area contributed by atoms with E-state index in [0.717, 1.165) is 29.5 Å². The predicted molar refractivity (Wildman–Crippen MR) is 99.8 cm³/mol. The Morgan fingerprint density at radius 2 is 2.22 bits per heavy atom. The summed E-state index contributed by atoms with van der Waals surface area (Å²) in [6, 6.07) is 5.85. The van der Waals surface area contributed by atoms with Crippen LogP contribution in [0, 0.1) is 11.3 Å². The summed E-state index contributed by atoms with van der Waals surface area (Å²) in [4.78, 5) is 7.92. The summed E-state index contributed by atoms with van der Waals surface area (Å²) in [7, 11) is 2.08. The lowest BCUT2D eigenvalue weighted by molar-refractivity contribution is 0.317. The molecule has 2 aromatic rings. The van der Waals surface area contributed by atoms with Crippen molar-refractivity contribution in [3.05, 3.63) is 42.6 Å². The molecule has 7 heteroatoms. The number of nitriles is 1. The molecule has 0 bridgehead atoms. The van der Waals surface area contributed by atoms with E-state index in [4.69, 9.17) is 0 Å². The van der Waals surface area contributed by atoms with Crippen molar-refractivity contribution < 1.29 is 5.11 Å². The number of fused-ring (bicyclic) bond motifs is 1. The molecule has 1 N–H and O–H groups in total. The van der Waals surface area contributed by atoms with E-state index in [0.29, 0.717) is 20.6 Å². The molecule has 0 atom stereocenters. The lowest BCUT2D eigenvalue weighted by Gasteiger charge is -2.21. The number of aliphatic imine (C=N–C) groups is 1. The molecule has 0 unspecified atom stereocenters. The van der Waals surface area contributed by atoms with Crippen molar-refractivity contribution in [2.45, 2.75) is 13.0 Å². The maximum absolute atomic E-state index is 10.1. The lowest BCUT2D eigenvalue weighted by atomic mass is 10.0. The molecule has 0 aliphatic carbocycles. The first-order valence-corrected chi connectivity index (χ1v) is 9.35. The van der Waals surface area contributed by atoms with Crippen LogP contribution >= 0.6 is 43.2 Å². The molecule has 4 nitrogen and oxygen atoms in total. The standard InChI is InChI=1S/C16H13Br2N3OS/c1-21-3-2-11-12(6-19)16(23-14(11)8-21)20-7-9-4-10(17)5-13(18)15(9)22/h4-5,7,22H,2-3,8H2,1H3. The highest BCUT2D eigenvalue weighted by Gasteiger charge is 2.22. The van der Waals surface area contributed by atoms with Gasteiger partial charge in [0.15, 0.2) is 0 Å². The minimum absolute atomic E-state index is 0.136. The second kappa shape index (κ2) is 6.73. The van der Waals surface area contributed by atoms with Crippen LogP contribution in [0.1, 0.15) is 21.6 Å². The summed E-state index contributed by atoms with van der Waals surface area (Å²) in [5.41, 5.74) is 2.39. The number of benzene rings is 1. The van der Waals surface area contributed by atoms with Gasteiger partial charge < -0.3 is 10.0 Å². The molecule has 0 fully saturated rings. The molecule has 1 aliphatic rings. The Hall–Kier alpha value is -1.20. The maximum Gasteiger partial charge on any atom is 0.138 e. The Balaban J connectivity index is 2.00. The third-order valence-corrected chi connectivity index (χ3v) is 5.91. The number of likely N-dealkylation sites (N-methyl/N-ethyl adjacent to an activating group) is 1. The number of thiophene rings is 1. The van der Waals surface area contributed by atoms with Crippen LogP contribution in [0.4, 0.5) is 5.00 Å². The summed E-state index contributed by atoms with van der Waals surface area (Å²) < 4.78 is 1.44. The van der Waals surface area contributed by atoms with Gasteiger partial charge in [-0.3, -0.25) is 0 Å². The highest BCUT2D eigenvalue weighted by atomic mass is 79.9. The van der Waals surface area contributed by atoms with E-state index >= 15 is 0 Å². The van der Waals surface area contributed by atoms with Crippen LogP contribution in [0.15, 0.2) is 26.1 Å². The van der Waals surface area contributed by atoms with Gasteiger partial charge in [-0.2, -0.15) is 5.26 Å². The lowest BCUT2D eigenvalue weighted by Crippen LogP contribution is -2.25. The molecule has 0 saturated heterocycles. The molecule has 0 radical (unpaired) electrons. The Kier molecular flexibility index (Phi) is 4.87. The third kappa shape index (κ3) is 3.36. The fourth-order valence-corrected chi connectivity index (χ4v) is 5.02. The summed E-state index contributed by atoms with van der Waals surface area (Å²) >= 11 is 8.26. The molecule has 23 heavy (non-hydrogen) atoms. The van der Waals surface area contributed by atoms with E-state index < -0.39 is 0 Å². The fraction of sp³-hybridized carbons (Fsp3) is 0.250. The van der Waals surface area contributed by atoms with Gasteiger partial charge in [-0.05, 0) is 47.1 Å². The zero-order chi connectivity index (χ0) is 16.6. The Morgan fingerprint density at radius 3 is 2.96 bits per heavy atom. The van der Waals surface area contributed by atoms with E-state index in [1.54, 1.807) is 29.7 Å². The highest BCUT2D eigenvalue weighted by molar-refractivity contribution is 9.11. The van der Waals surface area contributed by atoms with Gasteiger partial charge in [0.25, 0.3) is 0 Å². The van der Waals surface area contributed by atoms with Crippen molar-refractivity contribution in [1.82, 2.24) is 4.90 Å². The van der Waals surface area contributed by atoms with E-state index in [9.17, 15) is 10.4 Å². The Labute approximate surface area is 155 Å². The van der Waals surface area contributed by atoms with Crippen molar-refractivity contribution >= 4 is 54.4 Å². The number of phenols is 1. The van der Waals surface area contributed by atoms with Crippen LogP contribution in [0.5, 0.6) is 5.75 Å². The molecule has 1 aliphatic heterocycles. The van der Waals surface area contributed by atoms with Crippen molar-refractivity contribution in [3.8, 4) is 11.8 Å². The molecule has 1 aromatic carbocycles. The van der Waals surface area contributed by atoms with Gasteiger partial charge in [-0.15, -0.1) is 11.3 Å². The van der Waals surface area contributed by atoms with E-state index in [1.165, 1.54) is 4.88 Å². The monoisotopic (exact) mass is 453 g/mol. The SMILES string of the molecule is CN1CCc2c(sc(N=Cc3cc(Br)cc(Br)c3O)c2C#N)C1. The number of aromatic hydroxyl groups is 1. The molecule has 2 heterocycles. The maximum atomic E-state index is 10.1. The van der Waals surface area contributed by atoms with Crippen LogP contribution < -0.4 is 0 Å². The third-order valence-electron chi connectivity index (χ3n) is 3.72. The van der Waals surface area contributed by atoms with Gasteiger partial charge in [0.2, 0.25) is 0 Å². The largest absolute Gasteiger partial charge is 0.506 e. The molecule has 118 valence electrons. The average molecular weight is 455 g/mol. The summed E-state index contributed by atoms with van der Waals surface area (Å²) in [6.45, 7) is 1.82. The molecular weight excluding hydrogens is 442 g/mol. The van der Waals surface area contributed by atoms with Crippen molar-refractivity contribution in [2.75, 3.05) is 13.6 Å². The van der Waals surface area contributed by atoms with Gasteiger partial charge in [0.05, 0.1) is 10.0 Å². The first kappa shape index (κ1) is 16.7. The summed E-state index contributed by atoms with van der Waals surface area (Å²) in [5.74, 6) is 0.136. The summed E-state index contributed by atoms with van der Waals surface area (Å²) in [6.07, 6.45) is 2.49. The quantitative estimate of drug-likeness (QED) is 0.675. The van der Waals surface area contributed by atoms with Crippen molar-refractivity contribution in [2.24, 2.45) is 4.99 Å². The van der Waals surface area contributed by atoms with Crippen LogP contribution in [0.3, 0.4) is 0 Å². The second-order valence-electron chi connectivity index (χ2n) is 5.37. The minimum Gasteiger partial charge on any atom is -0.506 e. The first-order chi connectivity index (χ1) is 11.0. The normalized spacial score (nSPS) is 14.9. The number of hydrogen-bond donors (Lipinski definition) is 1. The van der Waals surface area contributed by atoms with Crippen LogP contribution in [0.2, 0.25) is 0 Å². The van der Waals surface area contributed by atoms with Crippen LogP contribution in [-0.4, -0.2) is 29.8 Å². The van der Waals surface area contributed by atoms with E-state index in [2.05, 4.69) is 54.9 Å². The minimum atomic E-state index is 0.136. The van der Waals surface area contributed by atoms with Crippen molar-refractivity contribution in [1.29, 1.82) is 5.26 Å². The zero-order valence-electron chi connectivity index (χ0n) is 12.3. The van der Waals surface area contributed by atoms with Gasteiger partial charge >= 0.3 is 0 Å². The Bertz CT molecular complexity index is 839. The molecular formula is C16H13Br2N3OS. The first-order valence-electron chi connectivity index (χ1n) is 6.95. The number of halogens is 2. The number of nitrogens with zero attached hydrogens (tertiary/aromatic N) is 3. The fourth-order valence-electron chi connectivity index (χ4n) is 2.54.